The van der Waals surface area contributed by atoms with Crippen LogP contribution in [0.15, 0.2) is 65.1 Å². The van der Waals surface area contributed by atoms with Crippen molar-refractivity contribution in [2.45, 2.75) is 13.0 Å². The first-order chi connectivity index (χ1) is 12.5. The molecule has 1 heterocycles. The molecule has 0 radical (unpaired) electrons. The largest absolute Gasteiger partial charge is 0.451 e. The third-order valence-electron chi connectivity index (χ3n) is 3.91. The molecule has 0 spiro atoms. The number of nitro groups is 1. The van der Waals surface area contributed by atoms with E-state index in [1.54, 1.807) is 12.1 Å². The fourth-order valence-electron chi connectivity index (χ4n) is 2.51. The molecule has 3 aromatic rings. The Morgan fingerprint density at radius 2 is 1.88 bits per heavy atom. The SMILES string of the molecule is CC(NC(=O)c1ccc(-c2ccc([N+](=O)[O-])cc2Cl)o1)c1ccccc1. The van der Waals surface area contributed by atoms with Crippen LogP contribution in [0.25, 0.3) is 11.3 Å². The first-order valence-corrected chi connectivity index (χ1v) is 8.23. The summed E-state index contributed by atoms with van der Waals surface area (Å²) >= 11 is 6.10. The van der Waals surface area contributed by atoms with Gasteiger partial charge in [0.2, 0.25) is 0 Å². The maximum Gasteiger partial charge on any atom is 0.287 e. The van der Waals surface area contributed by atoms with Crippen LogP contribution in [0.5, 0.6) is 0 Å². The lowest BCUT2D eigenvalue weighted by Gasteiger charge is -2.13. The van der Waals surface area contributed by atoms with E-state index in [-0.39, 0.29) is 28.4 Å². The quantitative estimate of drug-likeness (QED) is 0.506. The molecular weight excluding hydrogens is 356 g/mol. The van der Waals surface area contributed by atoms with Gasteiger partial charge >= 0.3 is 0 Å². The summed E-state index contributed by atoms with van der Waals surface area (Å²) in [6.07, 6.45) is 0. The number of carbonyl (C=O) groups is 1. The number of carbonyl (C=O) groups excluding carboxylic acids is 1. The molecule has 1 aromatic heterocycles. The van der Waals surface area contributed by atoms with E-state index < -0.39 is 4.92 Å². The fraction of sp³-hybridized carbons (Fsp3) is 0.105. The second-order valence-electron chi connectivity index (χ2n) is 5.69. The van der Waals surface area contributed by atoms with Gasteiger partial charge in [0.1, 0.15) is 5.76 Å². The number of nitrogens with one attached hydrogen (secondary N) is 1. The molecule has 0 saturated carbocycles. The smallest absolute Gasteiger partial charge is 0.287 e. The molecule has 0 aliphatic carbocycles. The van der Waals surface area contributed by atoms with Gasteiger partial charge in [-0.15, -0.1) is 0 Å². The fourth-order valence-corrected chi connectivity index (χ4v) is 2.78. The highest BCUT2D eigenvalue weighted by atomic mass is 35.5. The van der Waals surface area contributed by atoms with E-state index >= 15 is 0 Å². The molecule has 0 aliphatic rings. The summed E-state index contributed by atoms with van der Waals surface area (Å²) in [6, 6.07) is 16.6. The van der Waals surface area contributed by atoms with Crippen LogP contribution in [0.4, 0.5) is 5.69 Å². The van der Waals surface area contributed by atoms with Gasteiger partial charge in [-0.3, -0.25) is 14.9 Å². The number of nitro benzene ring substituents is 1. The Hall–Kier alpha value is -3.12. The van der Waals surface area contributed by atoms with Crippen LogP contribution >= 0.6 is 11.6 Å². The van der Waals surface area contributed by atoms with E-state index in [0.29, 0.717) is 11.3 Å². The first-order valence-electron chi connectivity index (χ1n) is 7.85. The van der Waals surface area contributed by atoms with Crippen LogP contribution in [0, 0.1) is 10.1 Å². The molecular formula is C19H15ClN2O4. The summed E-state index contributed by atoms with van der Waals surface area (Å²) < 4.78 is 5.58. The van der Waals surface area contributed by atoms with Crippen molar-refractivity contribution in [3.63, 3.8) is 0 Å². The molecule has 0 fully saturated rings. The monoisotopic (exact) mass is 370 g/mol. The Bertz CT molecular complexity index is 953. The molecule has 0 saturated heterocycles. The van der Waals surface area contributed by atoms with E-state index in [1.165, 1.54) is 18.2 Å². The zero-order valence-electron chi connectivity index (χ0n) is 13.8. The molecule has 7 heteroatoms. The predicted molar refractivity (Wildman–Crippen MR) is 98.1 cm³/mol. The number of hydrogen-bond acceptors (Lipinski definition) is 4. The van der Waals surface area contributed by atoms with Crippen molar-refractivity contribution in [1.29, 1.82) is 0 Å². The first kappa shape index (κ1) is 17.7. The maximum atomic E-state index is 12.4. The minimum absolute atomic E-state index is 0.111. The number of nitrogens with zero attached hydrogens (tertiary/aromatic N) is 1. The Morgan fingerprint density at radius 3 is 2.54 bits per heavy atom. The average molecular weight is 371 g/mol. The molecule has 132 valence electrons. The van der Waals surface area contributed by atoms with Gasteiger partial charge in [0.25, 0.3) is 11.6 Å². The summed E-state index contributed by atoms with van der Waals surface area (Å²) in [4.78, 5) is 22.6. The highest BCUT2D eigenvalue weighted by Gasteiger charge is 2.18. The molecule has 26 heavy (non-hydrogen) atoms. The summed E-state index contributed by atoms with van der Waals surface area (Å²) in [5.74, 6) is 0.144. The Morgan fingerprint density at radius 1 is 1.15 bits per heavy atom. The van der Waals surface area contributed by atoms with Crippen LogP contribution in [0.3, 0.4) is 0 Å². The van der Waals surface area contributed by atoms with E-state index in [1.807, 2.05) is 37.3 Å². The van der Waals surface area contributed by atoms with Crippen LogP contribution in [0.2, 0.25) is 5.02 Å². The normalized spacial score (nSPS) is 11.8. The van der Waals surface area contributed by atoms with Gasteiger partial charge in [0.15, 0.2) is 5.76 Å². The summed E-state index contributed by atoms with van der Waals surface area (Å²) in [5.41, 5.74) is 1.35. The molecule has 1 atom stereocenters. The van der Waals surface area contributed by atoms with Crippen LogP contribution < -0.4 is 5.32 Å². The van der Waals surface area contributed by atoms with Gasteiger partial charge in [0.05, 0.1) is 16.0 Å². The molecule has 1 N–H and O–H groups in total. The topological polar surface area (TPSA) is 85.4 Å². The van der Waals surface area contributed by atoms with Crippen molar-refractivity contribution in [2.24, 2.45) is 0 Å². The van der Waals surface area contributed by atoms with E-state index in [9.17, 15) is 14.9 Å². The minimum atomic E-state index is -0.526. The van der Waals surface area contributed by atoms with Crippen molar-refractivity contribution < 1.29 is 14.1 Å². The standard InChI is InChI=1S/C19H15ClN2O4/c1-12(13-5-3-2-4-6-13)21-19(23)18-10-9-17(26-18)15-8-7-14(22(24)25)11-16(15)20/h2-12H,1H3,(H,21,23). The summed E-state index contributed by atoms with van der Waals surface area (Å²) in [6.45, 7) is 1.88. The van der Waals surface area contributed by atoms with Gasteiger partial charge in [0, 0.05) is 17.7 Å². The van der Waals surface area contributed by atoms with Crippen molar-refractivity contribution in [1.82, 2.24) is 5.32 Å². The van der Waals surface area contributed by atoms with Crippen molar-refractivity contribution >= 4 is 23.2 Å². The number of furan rings is 1. The van der Waals surface area contributed by atoms with Crippen molar-refractivity contribution in [3.8, 4) is 11.3 Å². The van der Waals surface area contributed by atoms with E-state index in [2.05, 4.69) is 5.32 Å². The predicted octanol–water partition coefficient (Wildman–Crippen LogP) is 5.00. The number of non-ortho nitro benzene ring substituents is 1. The van der Waals surface area contributed by atoms with Crippen molar-refractivity contribution in [3.05, 3.63) is 87.1 Å². The Balaban J connectivity index is 1.77. The Kier molecular flexibility index (Phi) is 5.04. The number of benzene rings is 2. The van der Waals surface area contributed by atoms with Gasteiger partial charge in [-0.2, -0.15) is 0 Å². The lowest BCUT2D eigenvalue weighted by Crippen LogP contribution is -2.26. The maximum absolute atomic E-state index is 12.4. The molecule has 1 amide bonds. The highest BCUT2D eigenvalue weighted by Crippen LogP contribution is 2.32. The Labute approximate surface area is 154 Å². The molecule has 0 bridgehead atoms. The minimum Gasteiger partial charge on any atom is -0.451 e. The molecule has 0 aliphatic heterocycles. The van der Waals surface area contributed by atoms with Gasteiger partial charge in [-0.25, -0.2) is 0 Å². The van der Waals surface area contributed by atoms with Crippen molar-refractivity contribution in [2.75, 3.05) is 0 Å². The second kappa shape index (κ2) is 7.41. The lowest BCUT2D eigenvalue weighted by molar-refractivity contribution is -0.384. The summed E-state index contributed by atoms with van der Waals surface area (Å²) in [5, 5.41) is 13.8. The van der Waals surface area contributed by atoms with E-state index in [0.717, 1.165) is 5.56 Å². The number of rotatable bonds is 5. The molecule has 3 rings (SSSR count). The number of amides is 1. The van der Waals surface area contributed by atoms with E-state index in [4.69, 9.17) is 16.0 Å². The third-order valence-corrected chi connectivity index (χ3v) is 4.22. The lowest BCUT2D eigenvalue weighted by atomic mass is 10.1. The van der Waals surface area contributed by atoms with Gasteiger partial charge in [-0.1, -0.05) is 41.9 Å². The average Bonchev–Trinajstić information content (AvgIpc) is 3.12. The van der Waals surface area contributed by atoms with Crippen LogP contribution in [-0.4, -0.2) is 10.8 Å². The third kappa shape index (κ3) is 3.75. The van der Waals surface area contributed by atoms with Crippen LogP contribution in [0.1, 0.15) is 29.1 Å². The molecule has 2 aromatic carbocycles. The number of hydrogen-bond donors (Lipinski definition) is 1. The van der Waals surface area contributed by atoms with Crippen LogP contribution in [-0.2, 0) is 0 Å². The zero-order chi connectivity index (χ0) is 18.7. The second-order valence-corrected chi connectivity index (χ2v) is 6.10. The van der Waals surface area contributed by atoms with Gasteiger partial charge in [-0.05, 0) is 30.7 Å². The number of halogens is 1. The highest BCUT2D eigenvalue weighted by molar-refractivity contribution is 6.33. The zero-order valence-corrected chi connectivity index (χ0v) is 14.6. The van der Waals surface area contributed by atoms with Gasteiger partial charge < -0.3 is 9.73 Å². The molecule has 6 nitrogen and oxygen atoms in total. The molecule has 1 unspecified atom stereocenters. The summed E-state index contributed by atoms with van der Waals surface area (Å²) in [7, 11) is 0.